The minimum absolute atomic E-state index is 0.410. The van der Waals surface area contributed by atoms with Crippen LogP contribution in [0.4, 0.5) is 5.82 Å². The Hall–Kier alpha value is -1.37. The highest BCUT2D eigenvalue weighted by atomic mass is 127. The lowest BCUT2D eigenvalue weighted by Crippen LogP contribution is -1.97. The summed E-state index contributed by atoms with van der Waals surface area (Å²) >= 11 is 2.24. The van der Waals surface area contributed by atoms with Crippen LogP contribution < -0.4 is 10.5 Å². The van der Waals surface area contributed by atoms with Crippen molar-refractivity contribution in [2.75, 3.05) is 5.73 Å². The van der Waals surface area contributed by atoms with Crippen LogP contribution in [0.2, 0.25) is 0 Å². The van der Waals surface area contributed by atoms with Crippen LogP contribution in [0, 0.1) is 10.5 Å². The summed E-state index contributed by atoms with van der Waals surface area (Å²) in [5, 5.41) is 0. The Labute approximate surface area is 107 Å². The van der Waals surface area contributed by atoms with Gasteiger partial charge in [0.2, 0.25) is 5.88 Å². The molecule has 16 heavy (non-hydrogen) atoms. The number of rotatable bonds is 2. The third-order valence-electron chi connectivity index (χ3n) is 1.87. The molecule has 0 aliphatic heterocycles. The fraction of sp³-hybridized carbons (Fsp3) is 0.0909. The molecule has 0 radical (unpaired) electrons. The number of benzene rings is 1. The zero-order valence-corrected chi connectivity index (χ0v) is 10.8. The monoisotopic (exact) mass is 327 g/mol. The molecule has 0 saturated heterocycles. The molecule has 0 unspecified atom stereocenters. The third-order valence-corrected chi connectivity index (χ3v) is 2.59. The summed E-state index contributed by atoms with van der Waals surface area (Å²) in [6.45, 7) is 1.77. The average Bonchev–Trinajstić information content (AvgIpc) is 2.20. The second-order valence-electron chi connectivity index (χ2n) is 3.23. The van der Waals surface area contributed by atoms with Crippen LogP contribution in [0.25, 0.3) is 0 Å². The Morgan fingerprint density at radius 2 is 1.88 bits per heavy atom. The van der Waals surface area contributed by atoms with E-state index in [0.29, 0.717) is 17.5 Å². The predicted molar refractivity (Wildman–Crippen MR) is 70.4 cm³/mol. The Balaban J connectivity index is 2.23. The fourth-order valence-corrected chi connectivity index (χ4v) is 1.60. The molecule has 0 atom stereocenters. The molecule has 2 N–H and O–H groups in total. The van der Waals surface area contributed by atoms with Gasteiger partial charge in [-0.2, -0.15) is 4.98 Å². The maximum Gasteiger partial charge on any atom is 0.224 e. The van der Waals surface area contributed by atoms with E-state index >= 15 is 0 Å². The summed E-state index contributed by atoms with van der Waals surface area (Å²) in [5.74, 6) is 2.21. The van der Waals surface area contributed by atoms with E-state index in [0.717, 1.165) is 9.32 Å². The van der Waals surface area contributed by atoms with E-state index in [1.807, 2.05) is 24.3 Å². The van der Waals surface area contributed by atoms with E-state index in [4.69, 9.17) is 10.5 Å². The molecule has 2 rings (SSSR count). The van der Waals surface area contributed by atoms with Crippen LogP contribution in [-0.4, -0.2) is 9.97 Å². The van der Waals surface area contributed by atoms with Gasteiger partial charge in [-0.1, -0.05) is 0 Å². The average molecular weight is 327 g/mol. The summed E-state index contributed by atoms with van der Waals surface area (Å²) in [6.07, 6.45) is 0. The number of nitrogens with zero attached hydrogens (tertiary/aromatic N) is 2. The van der Waals surface area contributed by atoms with Crippen LogP contribution in [0.1, 0.15) is 5.82 Å². The van der Waals surface area contributed by atoms with Crippen molar-refractivity contribution in [1.29, 1.82) is 0 Å². The highest BCUT2D eigenvalue weighted by Crippen LogP contribution is 2.21. The summed E-state index contributed by atoms with van der Waals surface area (Å²) in [5.41, 5.74) is 5.60. The van der Waals surface area contributed by atoms with Crippen molar-refractivity contribution in [3.8, 4) is 11.6 Å². The Bertz CT molecular complexity index is 479. The second-order valence-corrected chi connectivity index (χ2v) is 4.48. The van der Waals surface area contributed by atoms with Crippen molar-refractivity contribution in [3.63, 3.8) is 0 Å². The van der Waals surface area contributed by atoms with E-state index < -0.39 is 0 Å². The molecule has 1 heterocycles. The summed E-state index contributed by atoms with van der Waals surface area (Å²) in [7, 11) is 0. The van der Waals surface area contributed by atoms with E-state index in [-0.39, 0.29) is 0 Å². The summed E-state index contributed by atoms with van der Waals surface area (Å²) in [6, 6.07) is 9.30. The first-order valence-corrected chi connectivity index (χ1v) is 5.76. The molecular weight excluding hydrogens is 317 g/mol. The Kier molecular flexibility index (Phi) is 3.23. The lowest BCUT2D eigenvalue weighted by molar-refractivity contribution is 0.460. The third kappa shape index (κ3) is 2.82. The molecule has 5 heteroatoms. The highest BCUT2D eigenvalue weighted by Gasteiger charge is 2.01. The van der Waals surface area contributed by atoms with E-state index in [1.54, 1.807) is 13.0 Å². The molecule has 0 amide bonds. The SMILES string of the molecule is Cc1nc(N)cc(Oc2ccc(I)cc2)n1. The number of aryl methyl sites for hydroxylation is 1. The van der Waals surface area contributed by atoms with Gasteiger partial charge in [-0.05, 0) is 53.8 Å². The standard InChI is InChI=1S/C11H10IN3O/c1-7-14-10(13)6-11(15-7)16-9-4-2-8(12)3-5-9/h2-6H,1H3,(H2,13,14,15). The van der Waals surface area contributed by atoms with Gasteiger partial charge in [-0.25, -0.2) is 4.98 Å². The molecule has 0 aliphatic carbocycles. The van der Waals surface area contributed by atoms with Crippen molar-refractivity contribution >= 4 is 28.4 Å². The molecule has 0 spiro atoms. The largest absolute Gasteiger partial charge is 0.439 e. The molecule has 0 aliphatic rings. The molecular formula is C11H10IN3O. The topological polar surface area (TPSA) is 61.0 Å². The minimum Gasteiger partial charge on any atom is -0.439 e. The zero-order valence-electron chi connectivity index (χ0n) is 8.64. The molecule has 0 bridgehead atoms. The van der Waals surface area contributed by atoms with Crippen LogP contribution >= 0.6 is 22.6 Å². The minimum atomic E-state index is 0.410. The van der Waals surface area contributed by atoms with E-state index in [2.05, 4.69) is 32.6 Å². The first-order valence-electron chi connectivity index (χ1n) is 4.68. The maximum absolute atomic E-state index is 5.60. The molecule has 82 valence electrons. The first kappa shape index (κ1) is 11.1. The van der Waals surface area contributed by atoms with Gasteiger partial charge < -0.3 is 10.5 Å². The maximum atomic E-state index is 5.60. The van der Waals surface area contributed by atoms with Crippen molar-refractivity contribution < 1.29 is 4.74 Å². The summed E-state index contributed by atoms with van der Waals surface area (Å²) < 4.78 is 6.72. The van der Waals surface area contributed by atoms with Crippen molar-refractivity contribution in [1.82, 2.24) is 9.97 Å². The van der Waals surface area contributed by atoms with Gasteiger partial charge in [0.25, 0.3) is 0 Å². The lowest BCUT2D eigenvalue weighted by Gasteiger charge is -2.05. The van der Waals surface area contributed by atoms with Crippen molar-refractivity contribution in [2.24, 2.45) is 0 Å². The number of aromatic nitrogens is 2. The van der Waals surface area contributed by atoms with Gasteiger partial charge in [-0.3, -0.25) is 0 Å². The number of anilines is 1. The van der Waals surface area contributed by atoms with Crippen LogP contribution in [0.5, 0.6) is 11.6 Å². The number of hydrogen-bond donors (Lipinski definition) is 1. The molecule has 0 saturated carbocycles. The Morgan fingerprint density at radius 3 is 2.50 bits per heavy atom. The van der Waals surface area contributed by atoms with Gasteiger partial charge in [0.05, 0.1) is 0 Å². The van der Waals surface area contributed by atoms with Crippen LogP contribution in [-0.2, 0) is 0 Å². The van der Waals surface area contributed by atoms with Crippen LogP contribution in [0.15, 0.2) is 30.3 Å². The lowest BCUT2D eigenvalue weighted by atomic mass is 10.3. The van der Waals surface area contributed by atoms with Crippen molar-refractivity contribution in [3.05, 3.63) is 39.7 Å². The Morgan fingerprint density at radius 1 is 1.19 bits per heavy atom. The van der Waals surface area contributed by atoms with Crippen molar-refractivity contribution in [2.45, 2.75) is 6.92 Å². The predicted octanol–water partition coefficient (Wildman–Crippen LogP) is 2.76. The summed E-state index contributed by atoms with van der Waals surface area (Å²) in [4.78, 5) is 8.11. The fourth-order valence-electron chi connectivity index (χ4n) is 1.24. The van der Waals surface area contributed by atoms with E-state index in [1.165, 1.54) is 0 Å². The normalized spacial score (nSPS) is 10.1. The quantitative estimate of drug-likeness (QED) is 0.862. The molecule has 1 aromatic carbocycles. The van der Waals surface area contributed by atoms with Gasteiger partial charge in [-0.15, -0.1) is 0 Å². The first-order chi connectivity index (χ1) is 7.63. The van der Waals surface area contributed by atoms with Crippen LogP contribution in [0.3, 0.4) is 0 Å². The van der Waals surface area contributed by atoms with Gasteiger partial charge in [0, 0.05) is 9.64 Å². The molecule has 0 fully saturated rings. The number of nitrogens with two attached hydrogens (primary N) is 1. The van der Waals surface area contributed by atoms with Gasteiger partial charge >= 0.3 is 0 Å². The number of halogens is 1. The number of ether oxygens (including phenoxy) is 1. The van der Waals surface area contributed by atoms with Gasteiger partial charge in [0.1, 0.15) is 17.4 Å². The molecule has 4 nitrogen and oxygen atoms in total. The highest BCUT2D eigenvalue weighted by molar-refractivity contribution is 14.1. The number of hydrogen-bond acceptors (Lipinski definition) is 4. The van der Waals surface area contributed by atoms with Gasteiger partial charge in [0.15, 0.2) is 0 Å². The molecule has 1 aromatic heterocycles. The molecule has 2 aromatic rings. The number of nitrogen functional groups attached to an aromatic ring is 1. The second kappa shape index (κ2) is 4.65. The smallest absolute Gasteiger partial charge is 0.224 e. The van der Waals surface area contributed by atoms with E-state index in [9.17, 15) is 0 Å². The zero-order chi connectivity index (χ0) is 11.5.